The van der Waals surface area contributed by atoms with Gasteiger partial charge in [-0.15, -0.1) is 0 Å². The highest BCUT2D eigenvalue weighted by molar-refractivity contribution is 5.62. The molecule has 1 aromatic rings. The van der Waals surface area contributed by atoms with Crippen LogP contribution in [0, 0.1) is 0 Å². The van der Waals surface area contributed by atoms with Gasteiger partial charge in [0.1, 0.15) is 0 Å². The third kappa shape index (κ3) is 4.08. The van der Waals surface area contributed by atoms with Gasteiger partial charge in [0, 0.05) is 38.9 Å². The van der Waals surface area contributed by atoms with Gasteiger partial charge in [-0.05, 0) is 26.0 Å². The second-order valence-electron chi connectivity index (χ2n) is 5.16. The molecule has 0 radical (unpaired) electrons. The zero-order chi connectivity index (χ0) is 13.7. The Bertz CT molecular complexity index is 389. The van der Waals surface area contributed by atoms with Gasteiger partial charge >= 0.3 is 0 Å². The van der Waals surface area contributed by atoms with Crippen LogP contribution < -0.4 is 10.6 Å². The summed E-state index contributed by atoms with van der Waals surface area (Å²) in [6.07, 6.45) is 2.11. The van der Waals surface area contributed by atoms with E-state index in [4.69, 9.17) is 10.5 Å². The van der Waals surface area contributed by atoms with E-state index < -0.39 is 0 Å². The maximum absolute atomic E-state index is 5.96. The first-order valence-corrected chi connectivity index (χ1v) is 6.96. The minimum Gasteiger partial charge on any atom is -0.396 e. The Morgan fingerprint density at radius 1 is 1.32 bits per heavy atom. The van der Waals surface area contributed by atoms with E-state index in [9.17, 15) is 0 Å². The van der Waals surface area contributed by atoms with Crippen molar-refractivity contribution in [3.63, 3.8) is 0 Å². The van der Waals surface area contributed by atoms with Crippen LogP contribution in [-0.2, 0) is 4.74 Å². The molecule has 0 saturated carbocycles. The molecule has 5 heteroatoms. The molecule has 5 nitrogen and oxygen atoms in total. The van der Waals surface area contributed by atoms with Crippen LogP contribution in [0.4, 0.5) is 11.5 Å². The average Bonchev–Trinajstić information content (AvgIpc) is 2.40. The lowest BCUT2D eigenvalue weighted by Crippen LogP contribution is -2.47. The number of pyridine rings is 1. The highest BCUT2D eigenvalue weighted by Gasteiger charge is 2.19. The summed E-state index contributed by atoms with van der Waals surface area (Å²) in [5, 5.41) is 0. The van der Waals surface area contributed by atoms with Gasteiger partial charge < -0.3 is 15.4 Å². The molecule has 0 amide bonds. The Labute approximate surface area is 115 Å². The quantitative estimate of drug-likeness (QED) is 0.866. The summed E-state index contributed by atoms with van der Waals surface area (Å²) in [5.74, 6) is 0.917. The molecule has 0 bridgehead atoms. The van der Waals surface area contributed by atoms with E-state index in [0.29, 0.717) is 6.10 Å². The van der Waals surface area contributed by atoms with Gasteiger partial charge in [0.2, 0.25) is 0 Å². The van der Waals surface area contributed by atoms with Crippen LogP contribution in [0.25, 0.3) is 0 Å². The number of nitrogens with zero attached hydrogens (tertiary/aromatic N) is 3. The normalized spacial score (nSPS) is 17.1. The van der Waals surface area contributed by atoms with E-state index in [-0.39, 0.29) is 0 Å². The van der Waals surface area contributed by atoms with Crippen LogP contribution in [-0.4, -0.2) is 55.3 Å². The molecule has 106 valence electrons. The first-order valence-electron chi connectivity index (χ1n) is 6.96. The molecule has 2 heterocycles. The van der Waals surface area contributed by atoms with Crippen LogP contribution in [0.5, 0.6) is 0 Å². The number of aromatic nitrogens is 1. The minimum atomic E-state index is 0.314. The number of nitrogen functional groups attached to an aromatic ring is 1. The van der Waals surface area contributed by atoms with Crippen LogP contribution in [0.1, 0.15) is 13.8 Å². The molecule has 0 aliphatic carbocycles. The molecule has 19 heavy (non-hydrogen) atoms. The van der Waals surface area contributed by atoms with Crippen LogP contribution >= 0.6 is 0 Å². The summed E-state index contributed by atoms with van der Waals surface area (Å²) < 4.78 is 5.59. The number of nitrogens with two attached hydrogens (primary N) is 1. The molecule has 1 aromatic heterocycles. The van der Waals surface area contributed by atoms with Crippen molar-refractivity contribution in [2.45, 2.75) is 20.0 Å². The molecule has 1 aliphatic heterocycles. The van der Waals surface area contributed by atoms with Crippen molar-refractivity contribution in [2.24, 2.45) is 0 Å². The van der Waals surface area contributed by atoms with Crippen LogP contribution in [0.2, 0.25) is 0 Å². The third-order valence-electron chi connectivity index (χ3n) is 3.35. The van der Waals surface area contributed by atoms with Gasteiger partial charge in [-0.1, -0.05) is 0 Å². The largest absolute Gasteiger partial charge is 0.396 e. The summed E-state index contributed by atoms with van der Waals surface area (Å²) in [7, 11) is 0. The number of rotatable bonds is 5. The summed E-state index contributed by atoms with van der Waals surface area (Å²) in [6, 6.07) is 3.78. The number of ether oxygens (including phenoxy) is 1. The second kappa shape index (κ2) is 6.73. The molecule has 1 aliphatic rings. The van der Waals surface area contributed by atoms with Crippen molar-refractivity contribution in [2.75, 3.05) is 50.0 Å². The molecule has 0 atom stereocenters. The van der Waals surface area contributed by atoms with Crippen molar-refractivity contribution >= 4 is 11.5 Å². The topological polar surface area (TPSA) is 54.6 Å². The highest BCUT2D eigenvalue weighted by atomic mass is 16.5. The molecule has 2 N–H and O–H groups in total. The van der Waals surface area contributed by atoms with Gasteiger partial charge in [-0.2, -0.15) is 0 Å². The molecule has 0 spiro atoms. The zero-order valence-corrected chi connectivity index (χ0v) is 11.9. The van der Waals surface area contributed by atoms with Crippen molar-refractivity contribution in [3.8, 4) is 0 Å². The fourth-order valence-electron chi connectivity index (χ4n) is 2.27. The van der Waals surface area contributed by atoms with E-state index in [2.05, 4.69) is 28.6 Å². The smallest absolute Gasteiger partial charge is 0.151 e. The highest BCUT2D eigenvalue weighted by Crippen LogP contribution is 2.20. The first kappa shape index (κ1) is 14.1. The second-order valence-corrected chi connectivity index (χ2v) is 5.16. The fourth-order valence-corrected chi connectivity index (χ4v) is 2.27. The lowest BCUT2D eigenvalue weighted by Gasteiger charge is -2.35. The van der Waals surface area contributed by atoms with Crippen molar-refractivity contribution in [1.82, 2.24) is 9.88 Å². The number of anilines is 2. The molecule has 2 rings (SSSR count). The van der Waals surface area contributed by atoms with E-state index in [1.807, 2.05) is 12.1 Å². The minimum absolute atomic E-state index is 0.314. The number of hydrogen-bond donors (Lipinski definition) is 1. The predicted molar refractivity (Wildman–Crippen MR) is 78.4 cm³/mol. The lowest BCUT2D eigenvalue weighted by atomic mass is 10.3. The van der Waals surface area contributed by atoms with Gasteiger partial charge in [0.15, 0.2) is 5.82 Å². The fraction of sp³-hybridized carbons (Fsp3) is 0.643. The van der Waals surface area contributed by atoms with Gasteiger partial charge in [0.05, 0.1) is 18.4 Å². The standard InChI is InChI=1S/C14H24N4O/c1-12(2)19-11-10-17-6-8-18(9-7-17)14-13(15)4-3-5-16-14/h3-5,12H,6-11,15H2,1-2H3. The SMILES string of the molecule is CC(C)OCCN1CCN(c2ncccc2N)CC1. The maximum atomic E-state index is 5.96. The Kier molecular flexibility index (Phi) is 4.99. The monoisotopic (exact) mass is 264 g/mol. The molecular formula is C14H24N4O. The van der Waals surface area contributed by atoms with Gasteiger partial charge in [-0.25, -0.2) is 4.98 Å². The summed E-state index contributed by atoms with van der Waals surface area (Å²) >= 11 is 0. The Balaban J connectivity index is 1.78. The van der Waals surface area contributed by atoms with E-state index >= 15 is 0 Å². The molecule has 1 fully saturated rings. The summed E-state index contributed by atoms with van der Waals surface area (Å²) in [6.45, 7) is 9.98. The van der Waals surface area contributed by atoms with Crippen molar-refractivity contribution in [3.05, 3.63) is 18.3 Å². The number of hydrogen-bond acceptors (Lipinski definition) is 5. The van der Waals surface area contributed by atoms with Gasteiger partial charge in [0.25, 0.3) is 0 Å². The lowest BCUT2D eigenvalue weighted by molar-refractivity contribution is 0.0578. The summed E-state index contributed by atoms with van der Waals surface area (Å²) in [4.78, 5) is 9.06. The molecular weight excluding hydrogens is 240 g/mol. The molecule has 1 saturated heterocycles. The average molecular weight is 264 g/mol. The Hall–Kier alpha value is -1.33. The summed E-state index contributed by atoms with van der Waals surface area (Å²) in [5.41, 5.74) is 6.72. The zero-order valence-electron chi connectivity index (χ0n) is 11.9. The predicted octanol–water partition coefficient (Wildman–Crippen LogP) is 1.21. The molecule has 0 unspecified atom stereocenters. The van der Waals surface area contributed by atoms with Crippen LogP contribution in [0.3, 0.4) is 0 Å². The van der Waals surface area contributed by atoms with Crippen molar-refractivity contribution < 1.29 is 4.74 Å². The van der Waals surface area contributed by atoms with E-state index in [1.54, 1.807) is 6.20 Å². The van der Waals surface area contributed by atoms with Crippen LogP contribution in [0.15, 0.2) is 18.3 Å². The Morgan fingerprint density at radius 2 is 2.05 bits per heavy atom. The third-order valence-corrected chi connectivity index (χ3v) is 3.35. The maximum Gasteiger partial charge on any atom is 0.151 e. The van der Waals surface area contributed by atoms with Crippen molar-refractivity contribution in [1.29, 1.82) is 0 Å². The van der Waals surface area contributed by atoms with E-state index in [1.165, 1.54) is 0 Å². The number of piperazine rings is 1. The van der Waals surface area contributed by atoms with Gasteiger partial charge in [-0.3, -0.25) is 4.90 Å². The molecule has 0 aromatic carbocycles. The van der Waals surface area contributed by atoms with E-state index in [0.717, 1.165) is 50.8 Å². The Morgan fingerprint density at radius 3 is 2.68 bits per heavy atom. The first-order chi connectivity index (χ1) is 9.16.